The molecule has 3 aliphatic heterocycles. The van der Waals surface area contributed by atoms with Crippen molar-refractivity contribution in [3.8, 4) is 0 Å². The molecule has 0 radical (unpaired) electrons. The van der Waals surface area contributed by atoms with Gasteiger partial charge in [0.1, 0.15) is 12.6 Å². The average Bonchev–Trinajstić information content (AvgIpc) is 2.92. The minimum Gasteiger partial charge on any atom is -1.00 e. The van der Waals surface area contributed by atoms with Crippen molar-refractivity contribution in [2.45, 2.75) is 18.5 Å². The van der Waals surface area contributed by atoms with E-state index < -0.39 is 40.4 Å². The summed E-state index contributed by atoms with van der Waals surface area (Å²) >= 11 is 0. The molecular weight excluding hydrogens is 331 g/mol. The Kier molecular flexibility index (Phi) is 4.59. The molecule has 0 aromatic carbocycles. The second-order valence-electron chi connectivity index (χ2n) is 4.79. The van der Waals surface area contributed by atoms with Crippen molar-refractivity contribution >= 4 is 28.3 Å². The molecule has 3 saturated heterocycles. The predicted molar refractivity (Wildman–Crippen MR) is 65.0 cm³/mol. The first-order valence-electron chi connectivity index (χ1n) is 6.13. The van der Waals surface area contributed by atoms with Crippen LogP contribution < -0.4 is 35.0 Å². The number of nitrogens with zero attached hydrogens (tertiary/aromatic N) is 3. The van der Waals surface area contributed by atoms with Crippen LogP contribution in [0.3, 0.4) is 0 Å². The van der Waals surface area contributed by atoms with Crippen molar-refractivity contribution in [2.75, 3.05) is 19.7 Å². The fourth-order valence-corrected chi connectivity index (χ4v) is 3.62. The molecule has 118 valence electrons. The second-order valence-corrected chi connectivity index (χ2v) is 6.08. The number of fused-ring (bicyclic) bond motifs is 1. The third kappa shape index (κ3) is 2.65. The Morgan fingerprint density at radius 1 is 1.36 bits per heavy atom. The molecule has 22 heavy (non-hydrogen) atoms. The van der Waals surface area contributed by atoms with E-state index >= 15 is 0 Å². The van der Waals surface area contributed by atoms with Crippen LogP contribution >= 0.6 is 0 Å². The van der Waals surface area contributed by atoms with E-state index in [1.807, 2.05) is 0 Å². The van der Waals surface area contributed by atoms with E-state index in [1.165, 1.54) is 0 Å². The van der Waals surface area contributed by atoms with E-state index in [-0.39, 0.29) is 57.1 Å². The number of β-lactam (4-membered cyclic amide) rings is 1. The van der Waals surface area contributed by atoms with Gasteiger partial charge in [-0.1, -0.05) is 0 Å². The monoisotopic (exact) mass is 344 g/mol. The molecule has 0 unspecified atom stereocenters. The molecule has 2 N–H and O–H groups in total. The molecule has 3 fully saturated rings. The maximum atomic E-state index is 12.0. The van der Waals surface area contributed by atoms with Crippen LogP contribution in [0.2, 0.25) is 0 Å². The van der Waals surface area contributed by atoms with Gasteiger partial charge in [-0.2, -0.15) is 8.42 Å². The van der Waals surface area contributed by atoms with E-state index in [0.29, 0.717) is 4.31 Å². The fraction of sp³-hybridized carbons (Fsp3) is 0.667. The smallest absolute Gasteiger partial charge is 1.00 e. The summed E-state index contributed by atoms with van der Waals surface area (Å²) in [5.74, 6) is -0.862. The molecule has 0 aliphatic carbocycles. The summed E-state index contributed by atoms with van der Waals surface area (Å²) in [7, 11) is -4.61. The maximum Gasteiger partial charge on any atom is 1.00 e. The summed E-state index contributed by atoms with van der Waals surface area (Å²) < 4.78 is 36.0. The van der Waals surface area contributed by atoms with Gasteiger partial charge < -0.3 is 11.1 Å². The number of hydrazine groups is 1. The van der Waals surface area contributed by atoms with Gasteiger partial charge in [-0.15, -0.1) is 0 Å². The van der Waals surface area contributed by atoms with Crippen LogP contribution in [0.25, 0.3) is 0 Å². The van der Waals surface area contributed by atoms with Crippen LogP contribution in [0.4, 0.5) is 9.59 Å². The number of rotatable bonds is 2. The van der Waals surface area contributed by atoms with Crippen molar-refractivity contribution in [2.24, 2.45) is 0 Å². The second kappa shape index (κ2) is 5.85. The van der Waals surface area contributed by atoms with Crippen LogP contribution in [-0.2, 0) is 19.8 Å². The Labute approximate surface area is 149 Å². The molecule has 3 rings (SSSR count). The minimum atomic E-state index is -4.61. The van der Waals surface area contributed by atoms with Crippen molar-refractivity contribution in [1.29, 1.82) is 0 Å². The molecule has 0 aromatic rings. The van der Waals surface area contributed by atoms with Gasteiger partial charge in [-0.05, 0) is 6.42 Å². The molecule has 0 spiro atoms. The zero-order valence-electron chi connectivity index (χ0n) is 12.6. The number of hydrogen-bond donors (Lipinski definition) is 2. The SMILES string of the molecule is O=C1OCCN1NC(=O)N1CC[C@@H]2[C@H]1C(=O)N2S(=O)(=O)O.[H-].[Na+]. The van der Waals surface area contributed by atoms with Crippen molar-refractivity contribution in [3.63, 3.8) is 0 Å². The number of hydrogen-bond acceptors (Lipinski definition) is 6. The number of carbonyl (C=O) groups excluding carboxylic acids is 3. The molecule has 3 aliphatic rings. The van der Waals surface area contributed by atoms with Gasteiger partial charge in [0.05, 0.1) is 12.6 Å². The number of urea groups is 1. The Bertz CT molecular complexity index is 631. The molecule has 11 nitrogen and oxygen atoms in total. The van der Waals surface area contributed by atoms with E-state index in [9.17, 15) is 22.8 Å². The number of likely N-dealkylation sites (tertiary alicyclic amines) is 1. The van der Waals surface area contributed by atoms with Crippen LogP contribution in [0.15, 0.2) is 0 Å². The predicted octanol–water partition coefficient (Wildman–Crippen LogP) is -4.73. The summed E-state index contributed by atoms with van der Waals surface area (Å²) in [6.07, 6.45) is -0.466. The summed E-state index contributed by atoms with van der Waals surface area (Å²) in [5.41, 5.74) is 2.29. The van der Waals surface area contributed by atoms with Gasteiger partial charge >= 0.3 is 52.0 Å². The number of ether oxygens (including phenoxy) is 1. The maximum absolute atomic E-state index is 12.0. The number of nitrogens with one attached hydrogen (secondary N) is 1. The molecule has 13 heteroatoms. The normalized spacial score (nSPS) is 27.0. The summed E-state index contributed by atoms with van der Waals surface area (Å²) in [6.45, 7) is 0.486. The molecule has 0 aromatic heterocycles. The van der Waals surface area contributed by atoms with Crippen LogP contribution in [0.5, 0.6) is 0 Å². The Hall–Kier alpha value is -1.08. The standard InChI is InChI=1S/C9H12N4O7S.Na.H/c14-7-6-5(13(7)21(17,18)19)1-2-11(6)8(15)10-12-3-4-20-9(12)16;;/h5-6H,1-4H2,(H,10,15)(H,17,18,19);;/q;+1;-1/t5-,6+;;/m1../s1. The molecule has 3 heterocycles. The van der Waals surface area contributed by atoms with E-state index in [0.717, 1.165) is 9.91 Å². The molecule has 0 saturated carbocycles. The molecule has 2 atom stereocenters. The van der Waals surface area contributed by atoms with Gasteiger partial charge in [-0.3, -0.25) is 9.35 Å². The topological polar surface area (TPSA) is 137 Å². The zero-order chi connectivity index (χ0) is 15.4. The molecule has 4 amide bonds. The zero-order valence-corrected chi connectivity index (χ0v) is 14.4. The third-order valence-electron chi connectivity index (χ3n) is 3.64. The van der Waals surface area contributed by atoms with Crippen molar-refractivity contribution in [1.82, 2.24) is 19.6 Å². The largest absolute Gasteiger partial charge is 1.00 e. The molecule has 0 bridgehead atoms. The Morgan fingerprint density at radius 3 is 2.59 bits per heavy atom. The average molecular weight is 344 g/mol. The fourth-order valence-electron chi connectivity index (χ4n) is 2.72. The third-order valence-corrected chi connectivity index (χ3v) is 4.59. The number of cyclic esters (lactones) is 1. The number of carbonyl (C=O) groups is 3. The van der Waals surface area contributed by atoms with Gasteiger partial charge in [0.15, 0.2) is 0 Å². The molecular formula is C9H13N4NaO7S. The van der Waals surface area contributed by atoms with Crippen molar-refractivity contribution in [3.05, 3.63) is 0 Å². The summed E-state index contributed by atoms with van der Waals surface area (Å²) in [6, 6.07) is -2.39. The summed E-state index contributed by atoms with van der Waals surface area (Å²) in [4.78, 5) is 36.1. The first-order chi connectivity index (χ1) is 9.80. The minimum absolute atomic E-state index is 0. The van der Waals surface area contributed by atoms with Crippen molar-refractivity contribution < 1.29 is 63.1 Å². The van der Waals surface area contributed by atoms with Gasteiger partial charge in [0.2, 0.25) is 0 Å². The first kappa shape index (κ1) is 17.3. The van der Waals surface area contributed by atoms with Crippen LogP contribution in [0.1, 0.15) is 7.85 Å². The summed E-state index contributed by atoms with van der Waals surface area (Å²) in [5, 5.41) is 0.972. The quantitative estimate of drug-likeness (QED) is 0.292. The first-order valence-corrected chi connectivity index (χ1v) is 7.52. The van der Waals surface area contributed by atoms with E-state index in [2.05, 4.69) is 10.2 Å². The van der Waals surface area contributed by atoms with E-state index in [4.69, 9.17) is 4.55 Å². The van der Waals surface area contributed by atoms with Gasteiger partial charge in [0, 0.05) is 6.54 Å². The van der Waals surface area contributed by atoms with Gasteiger partial charge in [0.25, 0.3) is 5.91 Å². The Morgan fingerprint density at radius 2 is 2.05 bits per heavy atom. The van der Waals surface area contributed by atoms with Crippen LogP contribution in [0, 0.1) is 0 Å². The van der Waals surface area contributed by atoms with Gasteiger partial charge in [-0.25, -0.2) is 24.3 Å². The van der Waals surface area contributed by atoms with Crippen LogP contribution in [-0.4, -0.2) is 77.0 Å². The Balaban J connectivity index is 0.00000132. The number of amides is 4. The van der Waals surface area contributed by atoms with E-state index in [1.54, 1.807) is 0 Å².